The fourth-order valence-electron chi connectivity index (χ4n) is 1.21. The maximum absolute atomic E-state index is 10.9. The molecule has 0 heterocycles. The minimum Gasteiger partial charge on any atom is -0.396 e. The number of benzene rings is 1. The van der Waals surface area contributed by atoms with Crippen molar-refractivity contribution in [2.45, 2.75) is 4.90 Å². The third-order valence-corrected chi connectivity index (χ3v) is 3.05. The Morgan fingerprint density at radius 3 is 3.00 bits per heavy atom. The largest absolute Gasteiger partial charge is 0.396 e. The van der Waals surface area contributed by atoms with Gasteiger partial charge in [-0.2, -0.15) is 5.10 Å². The van der Waals surface area contributed by atoms with Crippen LogP contribution in [0.3, 0.4) is 0 Å². The highest BCUT2D eigenvalue weighted by Gasteiger charge is 2.14. The number of nitrogens with one attached hydrogen (secondary N) is 1. The van der Waals surface area contributed by atoms with E-state index in [4.69, 9.17) is 10.8 Å². The van der Waals surface area contributed by atoms with Crippen LogP contribution >= 0.6 is 24.0 Å². The maximum atomic E-state index is 10.9. The van der Waals surface area contributed by atoms with Crippen molar-refractivity contribution in [1.82, 2.24) is 5.43 Å². The molecule has 19 heavy (non-hydrogen) atoms. The lowest BCUT2D eigenvalue weighted by Crippen LogP contribution is -2.23. The van der Waals surface area contributed by atoms with Gasteiger partial charge in [0, 0.05) is 17.4 Å². The number of nitro groups is 1. The maximum Gasteiger partial charge on any atom is 0.283 e. The first-order chi connectivity index (χ1) is 9.04. The van der Waals surface area contributed by atoms with E-state index in [0.29, 0.717) is 16.2 Å². The predicted octanol–water partition coefficient (Wildman–Crippen LogP) is 0.846. The molecule has 0 aliphatic carbocycles. The Hall–Kier alpha value is -1.71. The van der Waals surface area contributed by atoms with Crippen molar-refractivity contribution < 1.29 is 10.0 Å². The van der Waals surface area contributed by atoms with Gasteiger partial charge in [0.25, 0.3) is 5.69 Å². The summed E-state index contributed by atoms with van der Waals surface area (Å²) in [6.07, 6.45) is 1.38. The molecule has 7 nitrogen and oxygen atoms in total. The van der Waals surface area contributed by atoms with Gasteiger partial charge in [-0.05, 0) is 18.3 Å². The highest BCUT2D eigenvalue weighted by atomic mass is 32.2. The number of thiocarbonyl (C=S) groups is 1. The van der Waals surface area contributed by atoms with Gasteiger partial charge in [0.05, 0.1) is 22.6 Å². The average Bonchev–Trinajstić information content (AvgIpc) is 2.36. The zero-order chi connectivity index (χ0) is 14.3. The van der Waals surface area contributed by atoms with Gasteiger partial charge in [-0.3, -0.25) is 15.5 Å². The average molecular weight is 300 g/mol. The Morgan fingerprint density at radius 1 is 1.68 bits per heavy atom. The molecule has 0 radical (unpaired) electrons. The quantitative estimate of drug-likeness (QED) is 0.234. The molecule has 0 saturated heterocycles. The van der Waals surface area contributed by atoms with Crippen LogP contribution in [0.25, 0.3) is 0 Å². The summed E-state index contributed by atoms with van der Waals surface area (Å²) < 4.78 is 0. The predicted molar refractivity (Wildman–Crippen MR) is 78.4 cm³/mol. The topological polar surface area (TPSA) is 114 Å². The summed E-state index contributed by atoms with van der Waals surface area (Å²) in [5.74, 6) is 0.400. The summed E-state index contributed by atoms with van der Waals surface area (Å²) in [5, 5.41) is 23.4. The van der Waals surface area contributed by atoms with Crippen LogP contribution in [-0.4, -0.2) is 33.7 Å². The molecule has 1 aromatic carbocycles. The summed E-state index contributed by atoms with van der Waals surface area (Å²) >= 11 is 5.78. The first-order valence-electron chi connectivity index (χ1n) is 5.15. The molecule has 1 rings (SSSR count). The van der Waals surface area contributed by atoms with Crippen LogP contribution in [0.15, 0.2) is 28.2 Å². The van der Waals surface area contributed by atoms with Gasteiger partial charge in [-0.25, -0.2) is 0 Å². The monoisotopic (exact) mass is 300 g/mol. The summed E-state index contributed by atoms with van der Waals surface area (Å²) in [6, 6.07) is 4.68. The Kier molecular flexibility index (Phi) is 6.19. The second kappa shape index (κ2) is 7.67. The van der Waals surface area contributed by atoms with Crippen LogP contribution in [0.4, 0.5) is 5.69 Å². The number of aliphatic hydroxyl groups is 1. The van der Waals surface area contributed by atoms with Crippen molar-refractivity contribution in [1.29, 1.82) is 0 Å². The molecule has 0 aromatic heterocycles. The van der Waals surface area contributed by atoms with E-state index < -0.39 is 4.92 Å². The van der Waals surface area contributed by atoms with E-state index in [-0.39, 0.29) is 17.4 Å². The lowest BCUT2D eigenvalue weighted by atomic mass is 10.2. The van der Waals surface area contributed by atoms with Crippen molar-refractivity contribution in [3.8, 4) is 0 Å². The number of nitrogens with two attached hydrogens (primary N) is 1. The van der Waals surface area contributed by atoms with Crippen molar-refractivity contribution in [2.75, 3.05) is 12.4 Å². The van der Waals surface area contributed by atoms with E-state index in [1.165, 1.54) is 24.0 Å². The zero-order valence-electron chi connectivity index (χ0n) is 9.78. The normalized spacial score (nSPS) is 10.6. The number of aliphatic hydroxyl groups excluding tert-OH is 1. The van der Waals surface area contributed by atoms with Gasteiger partial charge in [-0.1, -0.05) is 6.07 Å². The van der Waals surface area contributed by atoms with Crippen molar-refractivity contribution >= 4 is 41.0 Å². The van der Waals surface area contributed by atoms with Crippen LogP contribution in [0.1, 0.15) is 5.56 Å². The van der Waals surface area contributed by atoms with E-state index in [1.54, 1.807) is 12.1 Å². The van der Waals surface area contributed by atoms with Crippen LogP contribution in [0.5, 0.6) is 0 Å². The number of hydrogen-bond acceptors (Lipinski definition) is 6. The molecule has 1 aromatic rings. The SMILES string of the molecule is NC(=S)N/N=C/c1ccc(SCCO)c([N+](=O)[O-])c1. The van der Waals surface area contributed by atoms with Crippen molar-refractivity contribution in [3.63, 3.8) is 0 Å². The summed E-state index contributed by atoms with van der Waals surface area (Å²) in [6.45, 7) is -0.0388. The minimum atomic E-state index is -0.474. The Morgan fingerprint density at radius 2 is 2.42 bits per heavy atom. The van der Waals surface area contributed by atoms with E-state index >= 15 is 0 Å². The third kappa shape index (κ3) is 5.20. The third-order valence-electron chi connectivity index (χ3n) is 1.92. The molecule has 0 aliphatic rings. The molecule has 0 bridgehead atoms. The number of rotatable bonds is 6. The number of hydrogen-bond donors (Lipinski definition) is 3. The molecule has 0 saturated carbocycles. The molecular weight excluding hydrogens is 288 g/mol. The molecule has 0 atom stereocenters. The lowest BCUT2D eigenvalue weighted by Gasteiger charge is -2.02. The van der Waals surface area contributed by atoms with E-state index in [1.807, 2.05) is 0 Å². The lowest BCUT2D eigenvalue weighted by molar-refractivity contribution is -0.387. The number of nitrogens with zero attached hydrogens (tertiary/aromatic N) is 2. The van der Waals surface area contributed by atoms with Gasteiger partial charge in [0.15, 0.2) is 5.11 Å². The number of nitro benzene ring substituents is 1. The standard InChI is InChI=1S/C10H12N4O3S2/c11-10(18)13-12-6-7-1-2-9(19-4-3-15)8(5-7)14(16)17/h1-2,5-6,15H,3-4H2,(H3,11,13,18)/b12-6+. The van der Waals surface area contributed by atoms with Gasteiger partial charge in [0.2, 0.25) is 0 Å². The van der Waals surface area contributed by atoms with E-state index in [9.17, 15) is 10.1 Å². The molecular formula is C10H12N4O3S2. The van der Waals surface area contributed by atoms with Crippen molar-refractivity contribution in [3.05, 3.63) is 33.9 Å². The zero-order valence-corrected chi connectivity index (χ0v) is 11.4. The molecule has 0 unspecified atom stereocenters. The number of thioether (sulfide) groups is 1. The van der Waals surface area contributed by atoms with Gasteiger partial charge in [0.1, 0.15) is 0 Å². The minimum absolute atomic E-state index is 0.0147. The van der Waals surface area contributed by atoms with Gasteiger partial charge in [-0.15, -0.1) is 11.8 Å². The van der Waals surface area contributed by atoms with Crippen LogP contribution in [-0.2, 0) is 0 Å². The van der Waals surface area contributed by atoms with Crippen LogP contribution < -0.4 is 11.2 Å². The Labute approximate surface area is 119 Å². The second-order valence-corrected chi connectivity index (χ2v) is 4.87. The van der Waals surface area contributed by atoms with E-state index in [2.05, 4.69) is 22.7 Å². The number of hydrazone groups is 1. The van der Waals surface area contributed by atoms with Crippen LogP contribution in [0, 0.1) is 10.1 Å². The van der Waals surface area contributed by atoms with Crippen molar-refractivity contribution in [2.24, 2.45) is 10.8 Å². The first kappa shape index (κ1) is 15.3. The Balaban J connectivity index is 2.92. The first-order valence-corrected chi connectivity index (χ1v) is 6.54. The Bertz CT molecular complexity index is 508. The highest BCUT2D eigenvalue weighted by Crippen LogP contribution is 2.29. The molecule has 9 heteroatoms. The molecule has 0 amide bonds. The molecule has 0 aliphatic heterocycles. The molecule has 4 N–H and O–H groups in total. The molecule has 102 valence electrons. The smallest absolute Gasteiger partial charge is 0.283 e. The van der Waals surface area contributed by atoms with E-state index in [0.717, 1.165) is 0 Å². The van der Waals surface area contributed by atoms with Crippen LogP contribution in [0.2, 0.25) is 0 Å². The van der Waals surface area contributed by atoms with Gasteiger partial charge < -0.3 is 10.8 Å². The van der Waals surface area contributed by atoms with Gasteiger partial charge >= 0.3 is 0 Å². The summed E-state index contributed by atoms with van der Waals surface area (Å²) in [7, 11) is 0. The second-order valence-electron chi connectivity index (χ2n) is 3.29. The fraction of sp³-hybridized carbons (Fsp3) is 0.200. The fourth-order valence-corrected chi connectivity index (χ4v) is 2.01. The summed E-state index contributed by atoms with van der Waals surface area (Å²) in [4.78, 5) is 11.0. The highest BCUT2D eigenvalue weighted by molar-refractivity contribution is 7.99. The molecule has 0 spiro atoms. The summed E-state index contributed by atoms with van der Waals surface area (Å²) in [5.41, 5.74) is 8.06. The molecule has 0 fully saturated rings.